The predicted octanol–water partition coefficient (Wildman–Crippen LogP) is 1.62. The van der Waals surface area contributed by atoms with Crippen molar-refractivity contribution in [3.8, 4) is 0 Å². The lowest BCUT2D eigenvalue weighted by atomic mass is 10.1. The largest absolute Gasteiger partial charge is 0.351 e. The summed E-state index contributed by atoms with van der Waals surface area (Å²) in [6, 6.07) is 13.4. The van der Waals surface area contributed by atoms with Crippen LogP contribution in [0.15, 0.2) is 63.6 Å². The Bertz CT molecular complexity index is 959. The number of carbonyl (C=O) groups excluding carboxylic acids is 1. The molecule has 0 aliphatic carbocycles. The van der Waals surface area contributed by atoms with E-state index in [-0.39, 0.29) is 12.1 Å². The van der Waals surface area contributed by atoms with E-state index in [0.717, 1.165) is 15.0 Å². The standard InChI is InChI=1S/C18H17N3O3S/c22-16(19-9-8-13-5-2-1-3-6-13)15-11-20-18(24)21(17(15)23)12-14-7-4-10-25-14/h1-7,10-11H,8-9,12H2,(H,19,22)(H,20,24). The average molecular weight is 355 g/mol. The lowest BCUT2D eigenvalue weighted by Crippen LogP contribution is -2.41. The van der Waals surface area contributed by atoms with E-state index in [1.807, 2.05) is 47.8 Å². The van der Waals surface area contributed by atoms with E-state index < -0.39 is 17.2 Å². The summed E-state index contributed by atoms with van der Waals surface area (Å²) in [5.74, 6) is -0.489. The number of nitrogens with zero attached hydrogens (tertiary/aromatic N) is 1. The summed E-state index contributed by atoms with van der Waals surface area (Å²) in [5, 5.41) is 4.59. The minimum atomic E-state index is -0.589. The van der Waals surface area contributed by atoms with Gasteiger partial charge in [0.15, 0.2) is 0 Å². The van der Waals surface area contributed by atoms with E-state index in [2.05, 4.69) is 10.3 Å². The molecule has 25 heavy (non-hydrogen) atoms. The fourth-order valence-corrected chi connectivity index (χ4v) is 3.13. The normalized spacial score (nSPS) is 10.6. The Labute approximate surface area is 147 Å². The van der Waals surface area contributed by atoms with Crippen LogP contribution in [0.4, 0.5) is 0 Å². The number of hydrogen-bond acceptors (Lipinski definition) is 4. The number of thiophene rings is 1. The molecule has 0 atom stereocenters. The second kappa shape index (κ2) is 7.76. The first kappa shape index (κ1) is 16.9. The highest BCUT2D eigenvalue weighted by molar-refractivity contribution is 7.09. The zero-order valence-corrected chi connectivity index (χ0v) is 14.2. The number of aromatic amines is 1. The van der Waals surface area contributed by atoms with Crippen molar-refractivity contribution in [3.63, 3.8) is 0 Å². The molecule has 2 N–H and O–H groups in total. The van der Waals surface area contributed by atoms with Gasteiger partial charge in [0.2, 0.25) is 0 Å². The monoisotopic (exact) mass is 355 g/mol. The molecule has 1 aromatic carbocycles. The van der Waals surface area contributed by atoms with Crippen molar-refractivity contribution in [1.82, 2.24) is 14.9 Å². The number of H-pyrrole nitrogens is 1. The lowest BCUT2D eigenvalue weighted by molar-refractivity contribution is 0.0951. The number of aromatic nitrogens is 2. The molecule has 0 aliphatic heterocycles. The Hall–Kier alpha value is -2.93. The number of benzene rings is 1. The fourth-order valence-electron chi connectivity index (χ4n) is 2.44. The number of amides is 1. The van der Waals surface area contributed by atoms with E-state index in [4.69, 9.17) is 0 Å². The maximum Gasteiger partial charge on any atom is 0.328 e. The van der Waals surface area contributed by atoms with Crippen LogP contribution in [0.5, 0.6) is 0 Å². The van der Waals surface area contributed by atoms with Crippen molar-refractivity contribution in [1.29, 1.82) is 0 Å². The molecule has 3 aromatic rings. The summed E-state index contributed by atoms with van der Waals surface area (Å²) < 4.78 is 1.04. The van der Waals surface area contributed by atoms with Gasteiger partial charge in [0, 0.05) is 17.6 Å². The third kappa shape index (κ3) is 4.13. The molecule has 6 nitrogen and oxygen atoms in total. The van der Waals surface area contributed by atoms with Crippen LogP contribution in [-0.2, 0) is 13.0 Å². The van der Waals surface area contributed by atoms with E-state index in [1.165, 1.54) is 17.5 Å². The molecule has 2 aromatic heterocycles. The van der Waals surface area contributed by atoms with E-state index in [9.17, 15) is 14.4 Å². The van der Waals surface area contributed by atoms with Crippen molar-refractivity contribution in [2.24, 2.45) is 0 Å². The maximum absolute atomic E-state index is 12.5. The third-order valence-corrected chi connectivity index (χ3v) is 4.60. The predicted molar refractivity (Wildman–Crippen MR) is 97.2 cm³/mol. The van der Waals surface area contributed by atoms with Gasteiger partial charge in [-0.2, -0.15) is 0 Å². The fraction of sp³-hybridized carbons (Fsp3) is 0.167. The number of nitrogens with one attached hydrogen (secondary N) is 2. The van der Waals surface area contributed by atoms with Gasteiger partial charge in [0.25, 0.3) is 11.5 Å². The SMILES string of the molecule is O=C(NCCc1ccccc1)c1c[nH]c(=O)n(Cc2cccs2)c1=O. The number of hydrogen-bond donors (Lipinski definition) is 2. The van der Waals surface area contributed by atoms with Crippen LogP contribution in [0.1, 0.15) is 20.8 Å². The van der Waals surface area contributed by atoms with Gasteiger partial charge in [-0.3, -0.25) is 14.2 Å². The van der Waals surface area contributed by atoms with Crippen LogP contribution >= 0.6 is 11.3 Å². The van der Waals surface area contributed by atoms with Gasteiger partial charge in [0.05, 0.1) is 6.54 Å². The lowest BCUT2D eigenvalue weighted by Gasteiger charge is -2.07. The molecule has 0 fully saturated rings. The first-order valence-electron chi connectivity index (χ1n) is 7.82. The molecule has 0 bridgehead atoms. The molecule has 0 radical (unpaired) electrons. The molecule has 0 aliphatic rings. The smallest absolute Gasteiger partial charge is 0.328 e. The van der Waals surface area contributed by atoms with Crippen LogP contribution in [-0.4, -0.2) is 22.0 Å². The number of carbonyl (C=O) groups is 1. The summed E-state index contributed by atoms with van der Waals surface area (Å²) in [7, 11) is 0. The minimum Gasteiger partial charge on any atom is -0.351 e. The summed E-state index contributed by atoms with van der Waals surface area (Å²) in [5.41, 5.74) is -0.0859. The van der Waals surface area contributed by atoms with Crippen molar-refractivity contribution in [2.75, 3.05) is 6.54 Å². The van der Waals surface area contributed by atoms with E-state index in [1.54, 1.807) is 0 Å². The van der Waals surface area contributed by atoms with Crippen molar-refractivity contribution in [2.45, 2.75) is 13.0 Å². The Kier molecular flexibility index (Phi) is 5.25. The summed E-state index contributed by atoms with van der Waals surface area (Å²) >= 11 is 1.45. The van der Waals surface area contributed by atoms with Gasteiger partial charge in [-0.25, -0.2) is 4.79 Å². The van der Waals surface area contributed by atoms with Crippen LogP contribution in [0, 0.1) is 0 Å². The zero-order chi connectivity index (χ0) is 17.6. The van der Waals surface area contributed by atoms with Crippen LogP contribution < -0.4 is 16.6 Å². The molecular weight excluding hydrogens is 338 g/mol. The van der Waals surface area contributed by atoms with Crippen molar-refractivity contribution >= 4 is 17.2 Å². The molecule has 0 spiro atoms. The van der Waals surface area contributed by atoms with Gasteiger partial charge >= 0.3 is 5.69 Å². The highest BCUT2D eigenvalue weighted by Gasteiger charge is 2.14. The third-order valence-electron chi connectivity index (χ3n) is 3.74. The Balaban J connectivity index is 1.72. The molecule has 2 heterocycles. The van der Waals surface area contributed by atoms with Crippen LogP contribution in [0.2, 0.25) is 0 Å². The number of rotatable bonds is 6. The van der Waals surface area contributed by atoms with Crippen molar-refractivity contribution < 1.29 is 4.79 Å². The zero-order valence-electron chi connectivity index (χ0n) is 13.4. The molecule has 3 rings (SSSR count). The molecule has 0 saturated carbocycles. The van der Waals surface area contributed by atoms with Gasteiger partial charge in [-0.15, -0.1) is 11.3 Å². The minimum absolute atomic E-state index is 0.0655. The molecule has 0 saturated heterocycles. The summed E-state index contributed by atoms with van der Waals surface area (Å²) in [6.45, 7) is 0.559. The van der Waals surface area contributed by atoms with Crippen LogP contribution in [0.3, 0.4) is 0 Å². The Morgan fingerprint density at radius 1 is 1.12 bits per heavy atom. The van der Waals surface area contributed by atoms with Gasteiger partial charge in [-0.1, -0.05) is 36.4 Å². The van der Waals surface area contributed by atoms with Crippen molar-refractivity contribution in [3.05, 3.63) is 90.9 Å². The summed E-state index contributed by atoms with van der Waals surface area (Å²) in [4.78, 5) is 40.0. The van der Waals surface area contributed by atoms with Gasteiger partial charge < -0.3 is 10.3 Å². The second-order valence-corrected chi connectivity index (χ2v) is 6.50. The molecule has 128 valence electrons. The van der Waals surface area contributed by atoms with E-state index in [0.29, 0.717) is 13.0 Å². The quantitative estimate of drug-likeness (QED) is 0.705. The Morgan fingerprint density at radius 2 is 1.92 bits per heavy atom. The van der Waals surface area contributed by atoms with Gasteiger partial charge in [-0.05, 0) is 23.4 Å². The first-order chi connectivity index (χ1) is 12.1. The average Bonchev–Trinajstić information content (AvgIpc) is 3.12. The van der Waals surface area contributed by atoms with Gasteiger partial charge in [0.1, 0.15) is 5.56 Å². The highest BCUT2D eigenvalue weighted by Crippen LogP contribution is 2.08. The molecule has 1 amide bonds. The first-order valence-corrected chi connectivity index (χ1v) is 8.70. The maximum atomic E-state index is 12.5. The second-order valence-electron chi connectivity index (χ2n) is 5.47. The summed E-state index contributed by atoms with van der Waals surface area (Å²) in [6.07, 6.45) is 1.84. The van der Waals surface area contributed by atoms with Crippen LogP contribution in [0.25, 0.3) is 0 Å². The highest BCUT2D eigenvalue weighted by atomic mass is 32.1. The molecule has 0 unspecified atom stereocenters. The Morgan fingerprint density at radius 3 is 2.64 bits per heavy atom. The topological polar surface area (TPSA) is 84.0 Å². The molecular formula is C18H17N3O3S. The van der Waals surface area contributed by atoms with E-state index >= 15 is 0 Å². The molecule has 7 heteroatoms.